The number of carbonyl (C=O) groups is 1. The number of carbonyl (C=O) groups excluding carboxylic acids is 1. The first-order valence-corrected chi connectivity index (χ1v) is 9.57. The Labute approximate surface area is 182 Å². The first-order valence-electron chi connectivity index (χ1n) is 9.57. The average molecular weight is 418 g/mol. The molecule has 0 aromatic heterocycles. The molecule has 0 radical (unpaired) electrons. The molecule has 0 fully saturated rings. The maximum Gasteiger partial charge on any atom is 0.167 e. The second-order valence-electron chi connectivity index (χ2n) is 5.33. The number of aliphatic hydroxyl groups excluding tert-OH is 1. The van der Waals surface area contributed by atoms with E-state index in [9.17, 15) is 4.79 Å². The Morgan fingerprint density at radius 1 is 1.30 bits per heavy atom. The minimum atomic E-state index is 0.140. The van der Waals surface area contributed by atoms with Gasteiger partial charge in [-0.15, -0.1) is 5.73 Å². The van der Waals surface area contributed by atoms with Gasteiger partial charge in [0.25, 0.3) is 0 Å². The monoisotopic (exact) mass is 417 g/mol. The van der Waals surface area contributed by atoms with E-state index in [4.69, 9.17) is 21.4 Å². The third-order valence-electron chi connectivity index (χ3n) is 3.45. The highest BCUT2D eigenvalue weighted by Crippen LogP contribution is 2.20. The number of hydrogen-bond acceptors (Lipinski definition) is 6. The number of ether oxygens (including phenoxy) is 1. The standard InChI is InChI=1S/C11H15N3O.C10H14O.C2H6.CH4O/c1-8-5-3-4-6-11(8)14(13)9(2)10(12)7-15;1-4-6-7-8-10(5-2)9-11-3;2*1-2/h3-7H,12-13H2,1-2H3;4-6,8H,1,9H2,2-3H3;1-2H3;2H,1H3/b10-9-;10-5+;;. The van der Waals surface area contributed by atoms with E-state index in [1.165, 1.54) is 5.01 Å². The number of rotatable bonds is 7. The molecule has 30 heavy (non-hydrogen) atoms. The number of aryl methyl sites for hydroxylation is 1. The first kappa shape index (κ1) is 31.8. The van der Waals surface area contributed by atoms with Crippen molar-refractivity contribution in [2.45, 2.75) is 34.6 Å². The van der Waals surface area contributed by atoms with E-state index in [1.807, 2.05) is 64.1 Å². The number of allylic oxidation sites excluding steroid dienone is 4. The van der Waals surface area contributed by atoms with Gasteiger partial charge in [0, 0.05) is 14.2 Å². The Bertz CT molecular complexity index is 716. The van der Waals surface area contributed by atoms with Crippen LogP contribution in [-0.4, -0.2) is 32.2 Å². The summed E-state index contributed by atoms with van der Waals surface area (Å²) in [6, 6.07) is 7.62. The average Bonchev–Trinajstić information content (AvgIpc) is 2.80. The summed E-state index contributed by atoms with van der Waals surface area (Å²) in [5.74, 6) is 5.85. The number of benzene rings is 1. The molecule has 6 nitrogen and oxygen atoms in total. The number of aliphatic hydroxyl groups is 1. The number of hydrogen-bond donors (Lipinski definition) is 3. The largest absolute Gasteiger partial charge is 0.400 e. The minimum absolute atomic E-state index is 0.140. The fraction of sp³-hybridized carbons (Fsp3) is 0.333. The van der Waals surface area contributed by atoms with Crippen LogP contribution < -0.4 is 16.6 Å². The van der Waals surface area contributed by atoms with Crippen molar-refractivity contribution in [2.75, 3.05) is 25.8 Å². The van der Waals surface area contributed by atoms with E-state index >= 15 is 0 Å². The topological polar surface area (TPSA) is 102 Å². The molecular weight excluding hydrogens is 378 g/mol. The van der Waals surface area contributed by atoms with Crippen LogP contribution in [0.3, 0.4) is 0 Å². The van der Waals surface area contributed by atoms with E-state index in [-0.39, 0.29) is 5.70 Å². The highest BCUT2D eigenvalue weighted by molar-refractivity contribution is 5.74. The van der Waals surface area contributed by atoms with Gasteiger partial charge in [0.05, 0.1) is 23.7 Å². The van der Waals surface area contributed by atoms with Gasteiger partial charge < -0.3 is 15.6 Å². The summed E-state index contributed by atoms with van der Waals surface area (Å²) in [7, 11) is 2.68. The van der Waals surface area contributed by atoms with Crippen molar-refractivity contribution in [1.29, 1.82) is 0 Å². The van der Waals surface area contributed by atoms with Crippen molar-refractivity contribution >= 4 is 12.0 Å². The van der Waals surface area contributed by atoms with Crippen molar-refractivity contribution in [1.82, 2.24) is 0 Å². The zero-order chi connectivity index (χ0) is 23.9. The maximum absolute atomic E-state index is 10.5. The van der Waals surface area contributed by atoms with E-state index in [2.05, 4.69) is 12.3 Å². The van der Waals surface area contributed by atoms with Gasteiger partial charge in [0.2, 0.25) is 0 Å². The molecule has 0 aliphatic rings. The third-order valence-corrected chi connectivity index (χ3v) is 3.45. The highest BCUT2D eigenvalue weighted by atomic mass is 16.5. The van der Waals surface area contributed by atoms with Crippen molar-refractivity contribution in [3.8, 4) is 0 Å². The molecule has 0 unspecified atom stereocenters. The van der Waals surface area contributed by atoms with Crippen LogP contribution in [0.15, 0.2) is 77.8 Å². The lowest BCUT2D eigenvalue weighted by Gasteiger charge is -2.21. The Balaban J connectivity index is -0.000000431. The molecule has 0 amide bonds. The molecule has 0 aliphatic heterocycles. The lowest BCUT2D eigenvalue weighted by Crippen LogP contribution is -2.31. The van der Waals surface area contributed by atoms with Crippen LogP contribution >= 0.6 is 0 Å². The summed E-state index contributed by atoms with van der Waals surface area (Å²) in [6.45, 7) is 13.8. The van der Waals surface area contributed by atoms with Gasteiger partial charge >= 0.3 is 0 Å². The number of nitrogens with two attached hydrogens (primary N) is 2. The van der Waals surface area contributed by atoms with E-state index in [1.54, 1.807) is 26.2 Å². The molecule has 0 saturated carbocycles. The molecule has 1 rings (SSSR count). The lowest BCUT2D eigenvalue weighted by molar-refractivity contribution is -0.105. The van der Waals surface area contributed by atoms with Gasteiger partial charge in [-0.3, -0.25) is 9.80 Å². The van der Waals surface area contributed by atoms with Crippen LogP contribution in [0.4, 0.5) is 5.69 Å². The van der Waals surface area contributed by atoms with Gasteiger partial charge in [-0.25, -0.2) is 5.84 Å². The molecule has 1 aromatic carbocycles. The fourth-order valence-corrected chi connectivity index (χ4v) is 1.84. The molecule has 0 bridgehead atoms. The van der Waals surface area contributed by atoms with E-state index in [0.29, 0.717) is 18.6 Å². The van der Waals surface area contributed by atoms with Gasteiger partial charge in [0.15, 0.2) is 6.29 Å². The second kappa shape index (κ2) is 22.4. The van der Waals surface area contributed by atoms with E-state index < -0.39 is 0 Å². The normalized spacial score (nSPS) is 10.1. The van der Waals surface area contributed by atoms with Crippen LogP contribution in [0.2, 0.25) is 0 Å². The number of aldehydes is 1. The summed E-state index contributed by atoms with van der Waals surface area (Å²) >= 11 is 0. The summed E-state index contributed by atoms with van der Waals surface area (Å²) in [6.07, 6.45) is 7.92. The molecule has 0 saturated heterocycles. The van der Waals surface area contributed by atoms with Gasteiger partial charge in [0.1, 0.15) is 0 Å². The molecular formula is C24H39N3O3. The van der Waals surface area contributed by atoms with Crippen LogP contribution in [0.1, 0.15) is 33.3 Å². The summed E-state index contributed by atoms with van der Waals surface area (Å²) in [5, 5.41) is 8.42. The van der Waals surface area contributed by atoms with Crippen molar-refractivity contribution in [2.24, 2.45) is 11.6 Å². The molecule has 168 valence electrons. The zero-order valence-electron chi connectivity index (χ0n) is 19.5. The Kier molecular flexibility index (Phi) is 23.7. The lowest BCUT2D eigenvalue weighted by atomic mass is 10.2. The zero-order valence-corrected chi connectivity index (χ0v) is 19.5. The predicted molar refractivity (Wildman–Crippen MR) is 129 cm³/mol. The number of methoxy groups -OCH3 is 1. The molecule has 0 heterocycles. The molecule has 0 aliphatic carbocycles. The Morgan fingerprint density at radius 2 is 1.87 bits per heavy atom. The Hall–Kier alpha value is -2.89. The maximum atomic E-state index is 10.5. The highest BCUT2D eigenvalue weighted by Gasteiger charge is 2.08. The van der Waals surface area contributed by atoms with Crippen molar-refractivity contribution < 1.29 is 14.6 Å². The van der Waals surface area contributed by atoms with Gasteiger partial charge in [-0.05, 0) is 50.1 Å². The van der Waals surface area contributed by atoms with Crippen LogP contribution in [0.5, 0.6) is 0 Å². The molecule has 1 aromatic rings. The summed E-state index contributed by atoms with van der Waals surface area (Å²) < 4.78 is 4.95. The van der Waals surface area contributed by atoms with Crippen molar-refractivity contribution in [3.05, 3.63) is 83.4 Å². The number of anilines is 1. The molecule has 0 spiro atoms. The molecule has 6 heteroatoms. The predicted octanol–water partition coefficient (Wildman–Crippen LogP) is 4.18. The number of hydrazine groups is 1. The second-order valence-corrected chi connectivity index (χ2v) is 5.33. The van der Waals surface area contributed by atoms with Crippen LogP contribution in [-0.2, 0) is 9.53 Å². The van der Waals surface area contributed by atoms with E-state index in [0.717, 1.165) is 23.9 Å². The molecule has 0 atom stereocenters. The summed E-state index contributed by atoms with van der Waals surface area (Å²) in [5.41, 5.74) is 12.1. The van der Waals surface area contributed by atoms with Crippen molar-refractivity contribution in [3.63, 3.8) is 0 Å². The SMILES string of the molecule is C/C(=C(/N)C=O)N(N)c1ccccc1C.C=CC=C=C/C(=C\C)COC.CC.CO. The van der Waals surface area contributed by atoms with Gasteiger partial charge in [-0.1, -0.05) is 50.8 Å². The number of para-hydroxylation sites is 1. The van der Waals surface area contributed by atoms with Crippen LogP contribution in [0, 0.1) is 6.92 Å². The molecule has 5 N–H and O–H groups in total. The third kappa shape index (κ3) is 14.2. The smallest absolute Gasteiger partial charge is 0.167 e. The Morgan fingerprint density at radius 3 is 2.30 bits per heavy atom. The minimum Gasteiger partial charge on any atom is -0.400 e. The fourth-order valence-electron chi connectivity index (χ4n) is 1.84. The summed E-state index contributed by atoms with van der Waals surface area (Å²) in [4.78, 5) is 10.5. The quantitative estimate of drug-likeness (QED) is 0.154. The number of nitrogens with zero attached hydrogens (tertiary/aromatic N) is 1. The first-order chi connectivity index (χ1) is 14.4. The van der Waals surface area contributed by atoms with Crippen LogP contribution in [0.25, 0.3) is 0 Å². The van der Waals surface area contributed by atoms with Gasteiger partial charge in [-0.2, -0.15) is 0 Å².